The van der Waals surface area contributed by atoms with Crippen LogP contribution < -0.4 is 14.6 Å². The summed E-state index contributed by atoms with van der Waals surface area (Å²) in [5.74, 6) is -3.00. The average Bonchev–Trinajstić information content (AvgIpc) is 2.13. The van der Waals surface area contributed by atoms with Gasteiger partial charge in [0.05, 0.1) is 13.3 Å². The molecule has 0 bridgehead atoms. The summed E-state index contributed by atoms with van der Waals surface area (Å²) in [6, 6.07) is 0. The van der Waals surface area contributed by atoms with Gasteiger partial charge in [-0.1, -0.05) is 0 Å². The van der Waals surface area contributed by atoms with Gasteiger partial charge in [0.1, 0.15) is 0 Å². The van der Waals surface area contributed by atoms with Crippen LogP contribution in [0.1, 0.15) is 0 Å². The predicted octanol–water partition coefficient (Wildman–Crippen LogP) is 0.342. The molecular weight excluding hydrogens is 281 g/mol. The first-order valence-corrected chi connectivity index (χ1v) is 5.65. The number of pyridine rings is 1. The summed E-state index contributed by atoms with van der Waals surface area (Å²) in [5, 5.41) is 13.1. The van der Waals surface area contributed by atoms with Crippen molar-refractivity contribution in [2.45, 2.75) is 11.4 Å². The molecule has 1 heterocycles. The summed E-state index contributed by atoms with van der Waals surface area (Å²) in [6.07, 6.45) is -4.63. The smallest absolute Gasteiger partial charge is 0.502 e. The monoisotopic (exact) mass is 288 g/mol. The molecule has 0 radical (unpaired) electrons. The van der Waals surface area contributed by atoms with E-state index in [0.717, 1.165) is 7.11 Å². The fourth-order valence-corrected chi connectivity index (χ4v) is 1.62. The number of nitrogens with zero attached hydrogens (tertiary/aromatic N) is 1. The molecule has 1 rings (SSSR count). The van der Waals surface area contributed by atoms with Gasteiger partial charge in [0, 0.05) is 0 Å². The second-order valence-corrected chi connectivity index (χ2v) is 4.38. The van der Waals surface area contributed by atoms with Crippen molar-refractivity contribution in [1.29, 1.82) is 0 Å². The molecule has 0 saturated heterocycles. The Morgan fingerprint density at radius 2 is 2.00 bits per heavy atom. The largest absolute Gasteiger partial charge is 0.573 e. The van der Waals surface area contributed by atoms with Crippen LogP contribution in [0.2, 0.25) is 0 Å². The molecule has 3 N–H and O–H groups in total. The number of halogens is 3. The highest BCUT2D eigenvalue weighted by Crippen LogP contribution is 2.41. The molecule has 18 heavy (non-hydrogen) atoms. The molecule has 0 aliphatic carbocycles. The van der Waals surface area contributed by atoms with Gasteiger partial charge in [0.2, 0.25) is 16.5 Å². The number of hydrogen-bond acceptors (Lipinski definition) is 6. The molecule has 7 nitrogen and oxygen atoms in total. The molecule has 1 aromatic heterocycles. The number of alkyl halides is 3. The summed E-state index contributed by atoms with van der Waals surface area (Å²) in [5.41, 5.74) is 0. The molecule has 0 saturated carbocycles. The quantitative estimate of drug-likeness (QED) is 0.829. The van der Waals surface area contributed by atoms with Crippen LogP contribution in [-0.2, 0) is 10.0 Å². The van der Waals surface area contributed by atoms with Crippen molar-refractivity contribution in [2.75, 3.05) is 7.11 Å². The van der Waals surface area contributed by atoms with Crippen molar-refractivity contribution in [1.82, 2.24) is 4.98 Å². The molecule has 0 fully saturated rings. The van der Waals surface area contributed by atoms with Crippen molar-refractivity contribution in [3.8, 4) is 17.2 Å². The SMILES string of the molecule is COc1c(OC(F)(F)F)cnc(S(N)(=O)=O)c1O. The molecule has 1 aromatic rings. The van der Waals surface area contributed by atoms with Gasteiger partial charge in [-0.2, -0.15) is 0 Å². The number of primary sulfonamides is 1. The summed E-state index contributed by atoms with van der Waals surface area (Å²) >= 11 is 0. The van der Waals surface area contributed by atoms with Crippen LogP contribution in [0.15, 0.2) is 11.2 Å². The summed E-state index contributed by atoms with van der Waals surface area (Å²) < 4.78 is 65.8. The second kappa shape index (κ2) is 4.49. The topological polar surface area (TPSA) is 112 Å². The number of methoxy groups -OCH3 is 1. The summed E-state index contributed by atoms with van der Waals surface area (Å²) in [7, 11) is -3.50. The average molecular weight is 288 g/mol. The Hall–Kier alpha value is -1.75. The third-order valence-corrected chi connectivity index (χ3v) is 2.48. The molecule has 0 aliphatic rings. The zero-order valence-corrected chi connectivity index (χ0v) is 9.54. The van der Waals surface area contributed by atoms with Crippen LogP contribution in [-0.4, -0.2) is 32.0 Å². The first-order valence-electron chi connectivity index (χ1n) is 4.10. The summed E-state index contributed by atoms with van der Waals surface area (Å²) in [6.45, 7) is 0. The zero-order valence-electron chi connectivity index (χ0n) is 8.72. The highest BCUT2D eigenvalue weighted by Gasteiger charge is 2.34. The van der Waals surface area contributed by atoms with Gasteiger partial charge in [0.25, 0.3) is 10.0 Å². The Morgan fingerprint density at radius 1 is 1.44 bits per heavy atom. The summed E-state index contributed by atoms with van der Waals surface area (Å²) in [4.78, 5) is 3.07. The fraction of sp³-hybridized carbons (Fsp3) is 0.286. The minimum atomic E-state index is -5.05. The standard InChI is InChI=1S/C7H7F3N2O5S/c1-16-5-3(17-7(8,9)10)2-12-6(4(5)13)18(11,14)15/h2,13H,1H3,(H2,11,14,15). The van der Waals surface area contributed by atoms with Crippen molar-refractivity contribution >= 4 is 10.0 Å². The number of hydrogen-bond donors (Lipinski definition) is 2. The van der Waals surface area contributed by atoms with Gasteiger partial charge in [-0.25, -0.2) is 18.5 Å². The number of rotatable bonds is 3. The Morgan fingerprint density at radius 3 is 2.39 bits per heavy atom. The van der Waals surface area contributed by atoms with E-state index >= 15 is 0 Å². The van der Waals surface area contributed by atoms with Crippen molar-refractivity contribution < 1.29 is 36.2 Å². The maximum Gasteiger partial charge on any atom is 0.573 e. The maximum atomic E-state index is 12.0. The number of ether oxygens (including phenoxy) is 2. The van der Waals surface area contributed by atoms with E-state index in [-0.39, 0.29) is 0 Å². The Labute approximate surface area is 99.0 Å². The third kappa shape index (κ3) is 3.13. The van der Waals surface area contributed by atoms with Crippen LogP contribution in [0.4, 0.5) is 13.2 Å². The van der Waals surface area contributed by atoms with Crippen molar-refractivity contribution in [2.24, 2.45) is 5.14 Å². The van der Waals surface area contributed by atoms with E-state index in [1.165, 1.54) is 0 Å². The molecule has 0 aromatic carbocycles. The molecule has 102 valence electrons. The lowest BCUT2D eigenvalue weighted by atomic mass is 10.4. The molecule has 11 heteroatoms. The van der Waals surface area contributed by atoms with E-state index in [2.05, 4.69) is 19.6 Å². The number of aromatic nitrogens is 1. The number of sulfonamides is 1. The van der Waals surface area contributed by atoms with Gasteiger partial charge >= 0.3 is 6.36 Å². The van der Waals surface area contributed by atoms with E-state index in [0.29, 0.717) is 6.20 Å². The Bertz CT molecular complexity index is 557. The zero-order chi connectivity index (χ0) is 14.1. The van der Waals surface area contributed by atoms with Gasteiger partial charge in [-0.05, 0) is 0 Å². The molecular formula is C7H7F3N2O5S. The van der Waals surface area contributed by atoms with Gasteiger partial charge < -0.3 is 14.6 Å². The molecule has 0 unspecified atom stereocenters. The minimum Gasteiger partial charge on any atom is -0.502 e. The van der Waals surface area contributed by atoms with E-state index in [4.69, 9.17) is 0 Å². The number of aromatic hydroxyl groups is 1. The normalized spacial score (nSPS) is 12.3. The van der Waals surface area contributed by atoms with Crippen LogP contribution in [0, 0.1) is 0 Å². The lowest BCUT2D eigenvalue weighted by Gasteiger charge is -2.13. The first kappa shape index (κ1) is 14.3. The van der Waals surface area contributed by atoms with E-state index < -0.39 is 38.7 Å². The number of nitrogens with two attached hydrogens (primary N) is 1. The highest BCUT2D eigenvalue weighted by atomic mass is 32.2. The van der Waals surface area contributed by atoms with Gasteiger partial charge in [-0.15, -0.1) is 13.2 Å². The van der Waals surface area contributed by atoms with E-state index in [1.807, 2.05) is 0 Å². The van der Waals surface area contributed by atoms with E-state index in [1.54, 1.807) is 0 Å². The van der Waals surface area contributed by atoms with Gasteiger partial charge in [0.15, 0.2) is 5.75 Å². The van der Waals surface area contributed by atoms with Crippen molar-refractivity contribution in [3.05, 3.63) is 6.20 Å². The Kier molecular flexibility index (Phi) is 3.57. The molecule has 0 amide bonds. The maximum absolute atomic E-state index is 12.0. The van der Waals surface area contributed by atoms with Crippen molar-refractivity contribution in [3.63, 3.8) is 0 Å². The fourth-order valence-electron chi connectivity index (χ4n) is 1.05. The second-order valence-electron chi connectivity index (χ2n) is 2.90. The predicted molar refractivity (Wildman–Crippen MR) is 50.5 cm³/mol. The first-order chi connectivity index (χ1) is 8.06. The Balaban J connectivity index is 3.39. The van der Waals surface area contributed by atoms with E-state index in [9.17, 15) is 26.7 Å². The molecule has 0 aliphatic heterocycles. The van der Waals surface area contributed by atoms with Gasteiger partial charge in [-0.3, -0.25) is 0 Å². The molecule has 0 atom stereocenters. The third-order valence-electron chi connectivity index (χ3n) is 1.64. The lowest BCUT2D eigenvalue weighted by Crippen LogP contribution is -2.19. The van der Waals surface area contributed by atoms with Crippen LogP contribution in [0.3, 0.4) is 0 Å². The van der Waals surface area contributed by atoms with Crippen LogP contribution in [0.5, 0.6) is 17.2 Å². The van der Waals surface area contributed by atoms with Crippen LogP contribution >= 0.6 is 0 Å². The molecule has 0 spiro atoms. The minimum absolute atomic E-state index is 0.422. The highest BCUT2D eigenvalue weighted by molar-refractivity contribution is 7.89. The lowest BCUT2D eigenvalue weighted by molar-refractivity contribution is -0.275. The van der Waals surface area contributed by atoms with Crippen LogP contribution in [0.25, 0.3) is 0 Å².